The van der Waals surface area contributed by atoms with Crippen LogP contribution in [0.15, 0.2) is 57.9 Å². The summed E-state index contributed by atoms with van der Waals surface area (Å²) in [6.45, 7) is 3.84. The van der Waals surface area contributed by atoms with E-state index < -0.39 is 5.97 Å². The van der Waals surface area contributed by atoms with Crippen molar-refractivity contribution in [1.29, 1.82) is 0 Å². The lowest BCUT2D eigenvalue weighted by Crippen LogP contribution is -2.08. The van der Waals surface area contributed by atoms with E-state index in [-0.39, 0.29) is 12.2 Å². The number of rotatable bonds is 6. The quantitative estimate of drug-likeness (QED) is 0.271. The van der Waals surface area contributed by atoms with Gasteiger partial charge in [0.05, 0.1) is 20.5 Å². The molecule has 0 fully saturated rings. The Labute approximate surface area is 168 Å². The van der Waals surface area contributed by atoms with E-state index in [0.29, 0.717) is 28.0 Å². The van der Waals surface area contributed by atoms with Gasteiger partial charge in [0.1, 0.15) is 23.5 Å². The van der Waals surface area contributed by atoms with Gasteiger partial charge >= 0.3 is 11.6 Å². The van der Waals surface area contributed by atoms with E-state index in [4.69, 9.17) is 18.6 Å². The summed E-state index contributed by atoms with van der Waals surface area (Å²) in [7, 11) is 2.78. The molecule has 3 rings (SSSR count). The largest absolute Gasteiger partial charge is 0.503 e. The van der Waals surface area contributed by atoms with Crippen LogP contribution >= 0.6 is 0 Å². The monoisotopic (exact) mass is 394 g/mol. The molecule has 29 heavy (non-hydrogen) atoms. The van der Waals surface area contributed by atoms with E-state index in [9.17, 15) is 9.59 Å². The third-order valence-corrected chi connectivity index (χ3v) is 4.77. The molecule has 0 radical (unpaired) electrons. The van der Waals surface area contributed by atoms with Gasteiger partial charge in [0.25, 0.3) is 0 Å². The molecule has 0 aliphatic heterocycles. The van der Waals surface area contributed by atoms with E-state index in [1.165, 1.54) is 20.5 Å². The van der Waals surface area contributed by atoms with Crippen LogP contribution in [0.2, 0.25) is 0 Å². The number of aryl methyl sites for hydroxylation is 1. The molecule has 0 atom stereocenters. The Bertz CT molecular complexity index is 1140. The number of methoxy groups -OCH3 is 2. The normalized spacial score (nSPS) is 11.4. The van der Waals surface area contributed by atoms with Crippen LogP contribution in [0, 0.1) is 13.8 Å². The maximum absolute atomic E-state index is 12.1. The maximum atomic E-state index is 12.1. The zero-order valence-corrected chi connectivity index (χ0v) is 16.8. The molecular weight excluding hydrogens is 372 g/mol. The van der Waals surface area contributed by atoms with Gasteiger partial charge in [-0.05, 0) is 42.7 Å². The zero-order chi connectivity index (χ0) is 21.0. The second-order valence-corrected chi connectivity index (χ2v) is 6.50. The molecule has 0 amide bonds. The van der Waals surface area contributed by atoms with Crippen molar-refractivity contribution in [3.8, 4) is 5.75 Å². The van der Waals surface area contributed by atoms with E-state index in [1.54, 1.807) is 19.1 Å². The number of fused-ring (bicyclic) bond motifs is 1. The second-order valence-electron chi connectivity index (χ2n) is 6.50. The predicted molar refractivity (Wildman–Crippen MR) is 110 cm³/mol. The first-order chi connectivity index (χ1) is 14.0. The van der Waals surface area contributed by atoms with E-state index >= 15 is 0 Å². The summed E-state index contributed by atoms with van der Waals surface area (Å²) in [6.07, 6.45) is 1.35. The van der Waals surface area contributed by atoms with Gasteiger partial charge in [-0.1, -0.05) is 24.3 Å². The summed E-state index contributed by atoms with van der Waals surface area (Å²) in [5, 5.41) is 0.867. The summed E-state index contributed by atoms with van der Waals surface area (Å²) in [6, 6.07) is 12.7. The van der Waals surface area contributed by atoms with Crippen LogP contribution in [-0.2, 0) is 20.9 Å². The minimum absolute atomic E-state index is 0.203. The van der Waals surface area contributed by atoms with Crippen molar-refractivity contribution < 1.29 is 23.4 Å². The summed E-state index contributed by atoms with van der Waals surface area (Å²) >= 11 is 0. The molecule has 0 unspecified atom stereocenters. The molecule has 0 saturated heterocycles. The van der Waals surface area contributed by atoms with Crippen LogP contribution < -0.4 is 10.4 Å². The van der Waals surface area contributed by atoms with Gasteiger partial charge in [0.15, 0.2) is 0 Å². The molecule has 0 spiro atoms. The van der Waals surface area contributed by atoms with Crippen molar-refractivity contribution in [3.05, 3.63) is 81.4 Å². The van der Waals surface area contributed by atoms with Crippen LogP contribution in [0.3, 0.4) is 0 Å². The molecule has 1 aromatic heterocycles. The fraction of sp³-hybridized carbons (Fsp3) is 0.217. The number of carbonyl (C=O) groups is 1. The number of esters is 1. The highest BCUT2D eigenvalue weighted by atomic mass is 16.5. The highest BCUT2D eigenvalue weighted by molar-refractivity contribution is 6.16. The topological polar surface area (TPSA) is 75.0 Å². The SMILES string of the molecule is CO/C=C(/C(=O)OC)c1ccccc1COc1ccc2c(C)c(C)c(=O)oc2c1. The first-order valence-corrected chi connectivity index (χ1v) is 9.02. The van der Waals surface area contributed by atoms with Crippen molar-refractivity contribution in [2.75, 3.05) is 14.2 Å². The molecule has 150 valence electrons. The fourth-order valence-corrected chi connectivity index (χ4v) is 3.04. The molecule has 3 aromatic rings. The molecular formula is C23H22O6. The second kappa shape index (κ2) is 8.65. The number of benzene rings is 2. The lowest BCUT2D eigenvalue weighted by molar-refractivity contribution is -0.133. The molecule has 0 N–H and O–H groups in total. The Balaban J connectivity index is 1.91. The molecule has 6 heteroatoms. The van der Waals surface area contributed by atoms with Gasteiger partial charge in [0, 0.05) is 17.0 Å². The van der Waals surface area contributed by atoms with Gasteiger partial charge in [-0.2, -0.15) is 0 Å². The third-order valence-electron chi connectivity index (χ3n) is 4.77. The molecule has 0 aliphatic carbocycles. The average Bonchev–Trinajstić information content (AvgIpc) is 2.74. The third kappa shape index (κ3) is 4.16. The van der Waals surface area contributed by atoms with Crippen molar-refractivity contribution >= 4 is 22.5 Å². The Morgan fingerprint density at radius 2 is 1.83 bits per heavy atom. The summed E-state index contributed by atoms with van der Waals surface area (Å²) in [5.74, 6) is 0.0478. The Kier molecular flexibility index (Phi) is 6.02. The van der Waals surface area contributed by atoms with Gasteiger partial charge in [-0.15, -0.1) is 0 Å². The van der Waals surface area contributed by atoms with Gasteiger partial charge < -0.3 is 18.6 Å². The van der Waals surface area contributed by atoms with Gasteiger partial charge in [0.2, 0.25) is 0 Å². The average molecular weight is 394 g/mol. The lowest BCUT2D eigenvalue weighted by Gasteiger charge is -2.13. The first kappa shape index (κ1) is 20.2. The van der Waals surface area contributed by atoms with Gasteiger partial charge in [-0.3, -0.25) is 0 Å². The van der Waals surface area contributed by atoms with Crippen LogP contribution in [0.4, 0.5) is 0 Å². The van der Waals surface area contributed by atoms with Crippen LogP contribution in [-0.4, -0.2) is 20.2 Å². The minimum atomic E-state index is -0.502. The highest BCUT2D eigenvalue weighted by Gasteiger charge is 2.17. The minimum Gasteiger partial charge on any atom is -0.503 e. The summed E-state index contributed by atoms with van der Waals surface area (Å²) in [5.41, 5.74) is 3.33. The smallest absolute Gasteiger partial charge is 0.341 e. The number of hydrogen-bond donors (Lipinski definition) is 0. The van der Waals surface area contributed by atoms with Crippen LogP contribution in [0.25, 0.3) is 16.5 Å². The summed E-state index contributed by atoms with van der Waals surface area (Å²) in [4.78, 5) is 24.1. The molecule has 6 nitrogen and oxygen atoms in total. The highest BCUT2D eigenvalue weighted by Crippen LogP contribution is 2.26. The first-order valence-electron chi connectivity index (χ1n) is 9.02. The number of hydrogen-bond acceptors (Lipinski definition) is 6. The lowest BCUT2D eigenvalue weighted by atomic mass is 10.0. The van der Waals surface area contributed by atoms with Crippen molar-refractivity contribution in [2.24, 2.45) is 0 Å². The Morgan fingerprint density at radius 1 is 1.07 bits per heavy atom. The van der Waals surface area contributed by atoms with Gasteiger partial charge in [-0.25, -0.2) is 9.59 Å². The van der Waals surface area contributed by atoms with Crippen molar-refractivity contribution in [3.63, 3.8) is 0 Å². The van der Waals surface area contributed by atoms with E-state index in [2.05, 4.69) is 0 Å². The maximum Gasteiger partial charge on any atom is 0.341 e. The molecule has 0 saturated carbocycles. The van der Waals surface area contributed by atoms with Crippen LogP contribution in [0.1, 0.15) is 22.3 Å². The van der Waals surface area contributed by atoms with E-state index in [1.807, 2.05) is 37.3 Å². The molecule has 1 heterocycles. The Morgan fingerprint density at radius 3 is 2.55 bits per heavy atom. The van der Waals surface area contributed by atoms with Crippen molar-refractivity contribution in [2.45, 2.75) is 20.5 Å². The van der Waals surface area contributed by atoms with Crippen molar-refractivity contribution in [1.82, 2.24) is 0 Å². The predicted octanol–water partition coefficient (Wildman–Crippen LogP) is 4.15. The fourth-order valence-electron chi connectivity index (χ4n) is 3.04. The number of ether oxygens (including phenoxy) is 3. The Hall–Kier alpha value is -3.54. The summed E-state index contributed by atoms with van der Waals surface area (Å²) < 4.78 is 21.2. The standard InChI is InChI=1S/C23H22O6/c1-14-15(2)22(24)29-21-11-17(9-10-18(14)21)28-12-16-7-5-6-8-19(16)20(13-26-3)23(25)27-4/h5-11,13H,12H2,1-4H3/b20-13+. The van der Waals surface area contributed by atoms with Crippen LogP contribution in [0.5, 0.6) is 5.75 Å². The molecule has 0 bridgehead atoms. The molecule has 2 aromatic carbocycles. The number of carbonyl (C=O) groups excluding carboxylic acids is 1. The van der Waals surface area contributed by atoms with E-state index in [0.717, 1.165) is 16.5 Å². The zero-order valence-electron chi connectivity index (χ0n) is 16.8. The molecule has 0 aliphatic rings.